The number of aryl methyl sites for hydroxylation is 1. The van der Waals surface area contributed by atoms with E-state index < -0.39 is 11.6 Å². The monoisotopic (exact) mass is 308 g/mol. The molecular formula is C16H24N2O2S. The number of hydrogen-bond acceptors (Lipinski definition) is 3. The minimum absolute atomic E-state index is 0.0149. The van der Waals surface area contributed by atoms with E-state index in [-0.39, 0.29) is 17.7 Å². The quantitative estimate of drug-likeness (QED) is 0.929. The molecule has 21 heavy (non-hydrogen) atoms. The molecule has 0 aliphatic carbocycles. The average Bonchev–Trinajstić information content (AvgIpc) is 2.86. The molecule has 0 spiro atoms. The van der Waals surface area contributed by atoms with Gasteiger partial charge in [-0.25, -0.2) is 0 Å². The van der Waals surface area contributed by atoms with Crippen molar-refractivity contribution in [1.29, 1.82) is 0 Å². The van der Waals surface area contributed by atoms with Crippen molar-refractivity contribution in [2.45, 2.75) is 59.2 Å². The summed E-state index contributed by atoms with van der Waals surface area (Å²) in [6.45, 7) is 10.2. The van der Waals surface area contributed by atoms with Crippen molar-refractivity contribution >= 4 is 23.2 Å². The van der Waals surface area contributed by atoms with E-state index in [2.05, 4.69) is 24.4 Å². The van der Waals surface area contributed by atoms with Crippen LogP contribution in [-0.4, -0.2) is 28.3 Å². The van der Waals surface area contributed by atoms with Crippen LogP contribution in [-0.2, 0) is 22.6 Å². The molecule has 1 aliphatic heterocycles. The number of carbonyl (C=O) groups is 2. The lowest BCUT2D eigenvalue weighted by Gasteiger charge is -2.45. The number of piperazine rings is 1. The molecule has 2 heterocycles. The first-order valence-corrected chi connectivity index (χ1v) is 8.29. The van der Waals surface area contributed by atoms with Crippen LogP contribution in [0, 0.1) is 5.92 Å². The van der Waals surface area contributed by atoms with Gasteiger partial charge in [-0.05, 0) is 38.3 Å². The highest BCUT2D eigenvalue weighted by Gasteiger charge is 2.47. The summed E-state index contributed by atoms with van der Waals surface area (Å²) < 4.78 is 0. The highest BCUT2D eigenvalue weighted by molar-refractivity contribution is 7.11. The first-order chi connectivity index (χ1) is 9.77. The minimum atomic E-state index is -0.807. The Kier molecular flexibility index (Phi) is 4.42. The molecule has 2 rings (SSSR count). The molecule has 2 amide bonds. The maximum atomic E-state index is 12.7. The molecule has 1 aromatic rings. The van der Waals surface area contributed by atoms with Crippen molar-refractivity contribution in [3.8, 4) is 0 Å². The predicted octanol–water partition coefficient (Wildman–Crippen LogP) is 2.57. The lowest BCUT2D eigenvalue weighted by Crippen LogP contribution is -2.68. The largest absolute Gasteiger partial charge is 0.342 e. The van der Waals surface area contributed by atoms with Crippen molar-refractivity contribution in [2.75, 3.05) is 0 Å². The number of hydrogen-bond donors (Lipinski definition) is 1. The summed E-state index contributed by atoms with van der Waals surface area (Å²) in [4.78, 5) is 29.2. The molecule has 116 valence electrons. The molecule has 0 aromatic carbocycles. The van der Waals surface area contributed by atoms with Gasteiger partial charge in [0, 0.05) is 9.75 Å². The molecule has 1 saturated heterocycles. The van der Waals surface area contributed by atoms with E-state index in [0.717, 1.165) is 11.3 Å². The summed E-state index contributed by atoms with van der Waals surface area (Å²) in [5.74, 6) is 0.0312. The third kappa shape index (κ3) is 2.98. The lowest BCUT2D eigenvalue weighted by molar-refractivity contribution is -0.157. The minimum Gasteiger partial charge on any atom is -0.342 e. The summed E-state index contributed by atoms with van der Waals surface area (Å²) >= 11 is 1.71. The zero-order valence-corrected chi connectivity index (χ0v) is 14.2. The second-order valence-corrected chi connectivity index (χ2v) is 7.65. The number of amides is 2. The van der Waals surface area contributed by atoms with Gasteiger partial charge in [-0.15, -0.1) is 11.3 Å². The van der Waals surface area contributed by atoms with Crippen LogP contribution in [0.4, 0.5) is 0 Å². The van der Waals surface area contributed by atoms with Gasteiger partial charge in [0.05, 0.1) is 6.54 Å². The lowest BCUT2D eigenvalue weighted by atomic mass is 9.91. The second kappa shape index (κ2) is 5.79. The maximum Gasteiger partial charge on any atom is 0.246 e. The first-order valence-electron chi connectivity index (χ1n) is 7.47. The fourth-order valence-electron chi connectivity index (χ4n) is 2.53. The molecule has 1 aliphatic rings. The van der Waals surface area contributed by atoms with Crippen molar-refractivity contribution in [2.24, 2.45) is 5.92 Å². The molecule has 0 saturated carbocycles. The van der Waals surface area contributed by atoms with Crippen LogP contribution in [0.3, 0.4) is 0 Å². The Morgan fingerprint density at radius 3 is 2.43 bits per heavy atom. The smallest absolute Gasteiger partial charge is 0.246 e. The van der Waals surface area contributed by atoms with Gasteiger partial charge < -0.3 is 10.2 Å². The second-order valence-electron chi connectivity index (χ2n) is 6.40. The normalized spacial score (nSPS) is 21.8. The van der Waals surface area contributed by atoms with E-state index in [4.69, 9.17) is 0 Å². The first kappa shape index (κ1) is 16.0. The number of nitrogens with zero attached hydrogens (tertiary/aromatic N) is 1. The Morgan fingerprint density at radius 1 is 1.29 bits per heavy atom. The molecule has 0 radical (unpaired) electrons. The fraction of sp³-hybridized carbons (Fsp3) is 0.625. The van der Waals surface area contributed by atoms with E-state index in [1.807, 2.05) is 27.7 Å². The van der Waals surface area contributed by atoms with Crippen LogP contribution < -0.4 is 5.32 Å². The van der Waals surface area contributed by atoms with Gasteiger partial charge in [-0.3, -0.25) is 9.59 Å². The predicted molar refractivity (Wildman–Crippen MR) is 85.1 cm³/mol. The summed E-state index contributed by atoms with van der Waals surface area (Å²) in [6, 6.07) is 3.74. The summed E-state index contributed by atoms with van der Waals surface area (Å²) in [5.41, 5.74) is -0.807. The van der Waals surface area contributed by atoms with Crippen molar-refractivity contribution in [1.82, 2.24) is 10.2 Å². The average molecular weight is 308 g/mol. The number of rotatable bonds is 4. The van der Waals surface area contributed by atoms with Crippen molar-refractivity contribution in [3.05, 3.63) is 21.9 Å². The molecule has 1 fully saturated rings. The Balaban J connectivity index is 2.27. The fourth-order valence-corrected chi connectivity index (χ4v) is 3.47. The van der Waals surface area contributed by atoms with Crippen molar-refractivity contribution < 1.29 is 9.59 Å². The van der Waals surface area contributed by atoms with Gasteiger partial charge in [-0.1, -0.05) is 20.8 Å². The standard InChI is InChI=1S/C16H24N2O2S/c1-6-11-7-8-12(21-11)9-18-14(19)13(10(2)3)17-15(20)16(18,4)5/h7-8,10,13H,6,9H2,1-5H3,(H,17,20). The molecule has 1 aromatic heterocycles. The molecule has 4 nitrogen and oxygen atoms in total. The molecule has 0 bridgehead atoms. The van der Waals surface area contributed by atoms with E-state index >= 15 is 0 Å². The van der Waals surface area contributed by atoms with Gasteiger partial charge in [0.2, 0.25) is 11.8 Å². The van der Waals surface area contributed by atoms with E-state index in [1.54, 1.807) is 16.2 Å². The van der Waals surface area contributed by atoms with Gasteiger partial charge in [-0.2, -0.15) is 0 Å². The zero-order chi connectivity index (χ0) is 15.8. The molecule has 1 atom stereocenters. The van der Waals surface area contributed by atoms with Crippen LogP contribution in [0.5, 0.6) is 0 Å². The Labute approximate surface area is 130 Å². The Morgan fingerprint density at radius 2 is 1.90 bits per heavy atom. The highest BCUT2D eigenvalue weighted by Crippen LogP contribution is 2.28. The van der Waals surface area contributed by atoms with Gasteiger partial charge in [0.25, 0.3) is 0 Å². The molecular weight excluding hydrogens is 284 g/mol. The summed E-state index contributed by atoms with van der Waals surface area (Å²) in [7, 11) is 0. The molecule has 1 unspecified atom stereocenters. The van der Waals surface area contributed by atoms with Gasteiger partial charge in [0.1, 0.15) is 11.6 Å². The van der Waals surface area contributed by atoms with E-state index in [0.29, 0.717) is 6.54 Å². The van der Waals surface area contributed by atoms with E-state index in [1.165, 1.54) is 4.88 Å². The SMILES string of the molecule is CCc1ccc(CN2C(=O)C(C(C)C)NC(=O)C2(C)C)s1. The third-order valence-corrected chi connectivity index (χ3v) is 5.31. The maximum absolute atomic E-state index is 12.7. The van der Waals surface area contributed by atoms with Crippen LogP contribution in [0.1, 0.15) is 44.4 Å². The summed E-state index contributed by atoms with van der Waals surface area (Å²) in [6.07, 6.45) is 0.997. The zero-order valence-electron chi connectivity index (χ0n) is 13.4. The number of carbonyl (C=O) groups excluding carboxylic acids is 2. The van der Waals surface area contributed by atoms with E-state index in [9.17, 15) is 9.59 Å². The highest BCUT2D eigenvalue weighted by atomic mass is 32.1. The topological polar surface area (TPSA) is 49.4 Å². The van der Waals surface area contributed by atoms with Gasteiger partial charge in [0.15, 0.2) is 0 Å². The van der Waals surface area contributed by atoms with Crippen LogP contribution in [0.15, 0.2) is 12.1 Å². The third-order valence-electron chi connectivity index (χ3n) is 4.10. The van der Waals surface area contributed by atoms with Crippen LogP contribution >= 0.6 is 11.3 Å². The van der Waals surface area contributed by atoms with Gasteiger partial charge >= 0.3 is 0 Å². The number of thiophene rings is 1. The van der Waals surface area contributed by atoms with Crippen molar-refractivity contribution in [3.63, 3.8) is 0 Å². The summed E-state index contributed by atoms with van der Waals surface area (Å²) in [5, 5.41) is 2.86. The Hall–Kier alpha value is -1.36. The Bertz CT molecular complexity index is 548. The number of nitrogens with one attached hydrogen (secondary N) is 1. The molecule has 5 heteroatoms. The van der Waals surface area contributed by atoms with Crippen LogP contribution in [0.25, 0.3) is 0 Å². The van der Waals surface area contributed by atoms with Crippen LogP contribution in [0.2, 0.25) is 0 Å². The molecule has 1 N–H and O–H groups in total.